The van der Waals surface area contributed by atoms with Gasteiger partial charge in [0.15, 0.2) is 0 Å². The van der Waals surface area contributed by atoms with E-state index >= 15 is 0 Å². The molecule has 11 heteroatoms. The van der Waals surface area contributed by atoms with Crippen molar-refractivity contribution in [1.82, 2.24) is 14.9 Å². The summed E-state index contributed by atoms with van der Waals surface area (Å²) in [6.45, 7) is 1.30. The van der Waals surface area contributed by atoms with Gasteiger partial charge in [0.1, 0.15) is 22.4 Å². The highest BCUT2D eigenvalue weighted by Gasteiger charge is 2.38. The molecule has 0 radical (unpaired) electrons. The van der Waals surface area contributed by atoms with E-state index in [9.17, 15) is 23.1 Å². The lowest BCUT2D eigenvalue weighted by Crippen LogP contribution is -2.46. The number of hydrogen-bond acceptors (Lipinski definition) is 6. The third-order valence-electron chi connectivity index (χ3n) is 5.38. The van der Waals surface area contributed by atoms with E-state index < -0.39 is 22.5 Å². The number of benzene rings is 1. The van der Waals surface area contributed by atoms with E-state index in [1.165, 1.54) is 0 Å². The summed E-state index contributed by atoms with van der Waals surface area (Å²) in [6, 6.07) is 6.56. The standard InChI is InChI=1S/C20H19ClF3N3O4/c21-16-15(20(22,23)24)9-25-18(26-16)31-14-5-7-27(8-6-14)17(28)12-1-3-13(4-2-12)19(29)10-30-11-19/h1-4,9,14,29H,5-8,10-11H2. The zero-order valence-electron chi connectivity index (χ0n) is 16.2. The minimum Gasteiger partial charge on any atom is -0.460 e. The molecule has 7 nitrogen and oxygen atoms in total. The molecule has 2 saturated heterocycles. The minimum atomic E-state index is -4.64. The van der Waals surface area contributed by atoms with Crippen molar-refractivity contribution in [3.8, 4) is 6.01 Å². The number of halogens is 4. The Hall–Kier alpha value is -2.43. The van der Waals surface area contributed by atoms with Crippen LogP contribution in [0.5, 0.6) is 6.01 Å². The number of carbonyl (C=O) groups is 1. The van der Waals surface area contributed by atoms with Gasteiger partial charge >= 0.3 is 12.2 Å². The van der Waals surface area contributed by atoms with Crippen LogP contribution < -0.4 is 4.74 Å². The lowest BCUT2D eigenvalue weighted by Gasteiger charge is -2.36. The van der Waals surface area contributed by atoms with Crippen molar-refractivity contribution < 1.29 is 32.5 Å². The molecule has 2 aliphatic rings. The third-order valence-corrected chi connectivity index (χ3v) is 5.67. The molecule has 166 valence electrons. The zero-order chi connectivity index (χ0) is 22.2. The van der Waals surface area contributed by atoms with Crippen LogP contribution in [0.1, 0.15) is 34.3 Å². The number of rotatable bonds is 4. The molecule has 0 unspecified atom stereocenters. The SMILES string of the molecule is O=C(c1ccc(C2(O)COC2)cc1)N1CCC(Oc2ncc(C(F)(F)F)c(Cl)n2)CC1. The minimum absolute atomic E-state index is 0.143. The number of aliphatic hydroxyl groups is 1. The van der Waals surface area contributed by atoms with Crippen LogP contribution in [0.15, 0.2) is 30.5 Å². The summed E-state index contributed by atoms with van der Waals surface area (Å²) in [7, 11) is 0. The highest BCUT2D eigenvalue weighted by atomic mass is 35.5. The van der Waals surface area contributed by atoms with Crippen LogP contribution in [-0.2, 0) is 16.5 Å². The Morgan fingerprint density at radius 2 is 1.87 bits per heavy atom. The number of piperidine rings is 1. The number of carbonyl (C=O) groups excluding carboxylic acids is 1. The van der Waals surface area contributed by atoms with Crippen LogP contribution in [0.25, 0.3) is 0 Å². The van der Waals surface area contributed by atoms with Gasteiger partial charge in [0, 0.05) is 37.7 Å². The molecule has 1 aromatic carbocycles. The molecule has 1 N–H and O–H groups in total. The number of amides is 1. The second-order valence-electron chi connectivity index (χ2n) is 7.57. The van der Waals surface area contributed by atoms with E-state index in [0.717, 1.165) is 0 Å². The fraction of sp³-hybridized carbons (Fsp3) is 0.450. The predicted molar refractivity (Wildman–Crippen MR) is 103 cm³/mol. The van der Waals surface area contributed by atoms with Crippen LogP contribution in [0.2, 0.25) is 5.15 Å². The maximum absolute atomic E-state index is 12.7. The van der Waals surface area contributed by atoms with E-state index in [1.54, 1.807) is 29.2 Å². The van der Waals surface area contributed by atoms with Gasteiger partial charge in [-0.25, -0.2) is 4.98 Å². The lowest BCUT2D eigenvalue weighted by atomic mass is 9.91. The van der Waals surface area contributed by atoms with Gasteiger partial charge < -0.3 is 19.5 Å². The Morgan fingerprint density at radius 3 is 2.39 bits per heavy atom. The maximum atomic E-state index is 12.7. The molecule has 0 bridgehead atoms. The average Bonchev–Trinajstić information content (AvgIpc) is 2.71. The molecule has 2 aliphatic heterocycles. The summed E-state index contributed by atoms with van der Waals surface area (Å²) >= 11 is 5.59. The van der Waals surface area contributed by atoms with E-state index in [4.69, 9.17) is 21.1 Å². The van der Waals surface area contributed by atoms with Crippen molar-refractivity contribution in [2.75, 3.05) is 26.3 Å². The van der Waals surface area contributed by atoms with Crippen LogP contribution in [0, 0.1) is 0 Å². The van der Waals surface area contributed by atoms with Crippen molar-refractivity contribution in [3.05, 3.63) is 52.3 Å². The second kappa shape index (κ2) is 8.25. The van der Waals surface area contributed by atoms with Gasteiger partial charge in [-0.3, -0.25) is 4.79 Å². The summed E-state index contributed by atoms with van der Waals surface area (Å²) < 4.78 is 48.8. The molecule has 1 aromatic heterocycles. The topological polar surface area (TPSA) is 84.8 Å². The molecule has 31 heavy (non-hydrogen) atoms. The molecule has 1 amide bonds. The van der Waals surface area contributed by atoms with Crippen molar-refractivity contribution in [2.24, 2.45) is 0 Å². The number of likely N-dealkylation sites (tertiary alicyclic amines) is 1. The number of alkyl halides is 3. The first kappa shape index (κ1) is 21.8. The van der Waals surface area contributed by atoms with Crippen molar-refractivity contribution in [2.45, 2.75) is 30.7 Å². The summed E-state index contributed by atoms with van der Waals surface area (Å²) in [6.07, 6.45) is -3.43. The van der Waals surface area contributed by atoms with Crippen LogP contribution in [-0.4, -0.2) is 58.3 Å². The molecular formula is C20H19ClF3N3O4. The smallest absolute Gasteiger partial charge is 0.420 e. The van der Waals surface area contributed by atoms with E-state index in [1.807, 2.05) is 0 Å². The Labute approximate surface area is 180 Å². The van der Waals surface area contributed by atoms with E-state index in [2.05, 4.69) is 9.97 Å². The third kappa shape index (κ3) is 4.60. The van der Waals surface area contributed by atoms with Gasteiger partial charge in [0.25, 0.3) is 5.91 Å². The molecule has 0 saturated carbocycles. The summed E-state index contributed by atoms with van der Waals surface area (Å²) in [4.78, 5) is 21.6. The zero-order valence-corrected chi connectivity index (χ0v) is 17.0. The van der Waals surface area contributed by atoms with Crippen LogP contribution >= 0.6 is 11.6 Å². The molecule has 0 aliphatic carbocycles. The summed E-state index contributed by atoms with van der Waals surface area (Å²) in [5, 5.41) is 9.56. The highest BCUT2D eigenvalue weighted by Crippen LogP contribution is 2.34. The molecule has 2 aromatic rings. The Kier molecular flexibility index (Phi) is 5.80. The molecule has 2 fully saturated rings. The van der Waals surface area contributed by atoms with Gasteiger partial charge in [0.05, 0.1) is 13.2 Å². The normalized spacial score (nSPS) is 19.1. The summed E-state index contributed by atoms with van der Waals surface area (Å²) in [5.74, 6) is -0.143. The first-order valence-electron chi connectivity index (χ1n) is 9.62. The molecule has 3 heterocycles. The van der Waals surface area contributed by atoms with Gasteiger partial charge in [-0.15, -0.1) is 0 Å². The van der Waals surface area contributed by atoms with E-state index in [-0.39, 0.29) is 31.2 Å². The van der Waals surface area contributed by atoms with Crippen molar-refractivity contribution >= 4 is 17.5 Å². The second-order valence-corrected chi connectivity index (χ2v) is 7.92. The highest BCUT2D eigenvalue weighted by molar-refractivity contribution is 6.30. The monoisotopic (exact) mass is 457 g/mol. The Bertz CT molecular complexity index is 959. The fourth-order valence-electron chi connectivity index (χ4n) is 3.49. The first-order valence-corrected chi connectivity index (χ1v) is 10.00. The molecule has 4 rings (SSSR count). The Balaban J connectivity index is 1.32. The van der Waals surface area contributed by atoms with Crippen LogP contribution in [0.4, 0.5) is 13.2 Å². The molecular weight excluding hydrogens is 439 g/mol. The predicted octanol–water partition coefficient (Wildman–Crippen LogP) is 3.05. The largest absolute Gasteiger partial charge is 0.460 e. The Morgan fingerprint density at radius 1 is 1.23 bits per heavy atom. The van der Waals surface area contributed by atoms with Crippen LogP contribution in [0.3, 0.4) is 0 Å². The number of ether oxygens (including phenoxy) is 2. The molecule has 0 spiro atoms. The lowest BCUT2D eigenvalue weighted by molar-refractivity contribution is -0.184. The van der Waals surface area contributed by atoms with Gasteiger partial charge in [0.2, 0.25) is 0 Å². The van der Waals surface area contributed by atoms with Gasteiger partial charge in [-0.2, -0.15) is 18.2 Å². The maximum Gasteiger partial charge on any atom is 0.420 e. The van der Waals surface area contributed by atoms with Gasteiger partial charge in [-0.1, -0.05) is 23.7 Å². The number of nitrogens with zero attached hydrogens (tertiary/aromatic N) is 3. The average molecular weight is 458 g/mol. The first-order chi connectivity index (χ1) is 14.7. The number of hydrogen-bond donors (Lipinski definition) is 1. The molecule has 0 atom stereocenters. The summed E-state index contributed by atoms with van der Waals surface area (Å²) in [5.41, 5.74) is -0.895. The van der Waals surface area contributed by atoms with E-state index in [0.29, 0.717) is 43.3 Å². The van der Waals surface area contributed by atoms with Crippen molar-refractivity contribution in [3.63, 3.8) is 0 Å². The van der Waals surface area contributed by atoms with Gasteiger partial charge in [-0.05, 0) is 17.7 Å². The fourth-order valence-corrected chi connectivity index (χ4v) is 3.71. The number of aromatic nitrogens is 2. The van der Waals surface area contributed by atoms with Crippen molar-refractivity contribution in [1.29, 1.82) is 0 Å². The quantitative estimate of drug-likeness (QED) is 0.710.